The highest BCUT2D eigenvalue weighted by molar-refractivity contribution is 6.10. The molecule has 0 amide bonds. The average molecular weight is 414 g/mol. The number of nitrogens with zero attached hydrogens (tertiary/aromatic N) is 3. The van der Waals surface area contributed by atoms with E-state index < -0.39 is 0 Å². The van der Waals surface area contributed by atoms with Gasteiger partial charge in [-0.25, -0.2) is 4.99 Å². The van der Waals surface area contributed by atoms with Crippen molar-refractivity contribution in [3.63, 3.8) is 0 Å². The number of aliphatic imine (C=N–C) groups is 1. The van der Waals surface area contributed by atoms with E-state index in [4.69, 9.17) is 9.73 Å². The van der Waals surface area contributed by atoms with E-state index in [1.54, 1.807) is 0 Å². The number of benzene rings is 2. The Balaban J connectivity index is 1.42. The van der Waals surface area contributed by atoms with Gasteiger partial charge in [0.05, 0.1) is 25.0 Å². The van der Waals surface area contributed by atoms with Crippen molar-refractivity contribution in [1.82, 2.24) is 15.2 Å². The minimum absolute atomic E-state index is 0.0154. The molecular formula is C25H27N5O. The van der Waals surface area contributed by atoms with Crippen LogP contribution in [0.4, 0.5) is 5.69 Å². The number of piperazine rings is 1. The molecular weight excluding hydrogens is 386 g/mol. The Bertz CT molecular complexity index is 1180. The van der Waals surface area contributed by atoms with Crippen LogP contribution in [0.5, 0.6) is 0 Å². The molecule has 6 nitrogen and oxygen atoms in total. The Labute approximate surface area is 182 Å². The first-order valence-electron chi connectivity index (χ1n) is 11.1. The summed E-state index contributed by atoms with van der Waals surface area (Å²) < 4.78 is 5.85. The molecule has 3 aliphatic rings. The van der Waals surface area contributed by atoms with Gasteiger partial charge in [0.2, 0.25) is 0 Å². The summed E-state index contributed by atoms with van der Waals surface area (Å²) in [5.41, 5.74) is 6.04. The molecule has 2 N–H and O–H groups in total. The van der Waals surface area contributed by atoms with Crippen molar-refractivity contribution in [2.45, 2.75) is 25.6 Å². The smallest absolute Gasteiger partial charge is 0.147 e. The topological polar surface area (TPSA) is 55.9 Å². The Morgan fingerprint density at radius 3 is 3.03 bits per heavy atom. The number of amidine groups is 1. The number of ether oxygens (including phenoxy) is 1. The lowest BCUT2D eigenvalue weighted by molar-refractivity contribution is -0.0264. The number of anilines is 1. The highest BCUT2D eigenvalue weighted by Gasteiger charge is 2.41. The average Bonchev–Trinajstić information content (AvgIpc) is 3.32. The molecule has 1 unspecified atom stereocenters. The largest absolute Gasteiger partial charge is 0.378 e. The second-order valence-electron chi connectivity index (χ2n) is 8.41. The van der Waals surface area contributed by atoms with Crippen LogP contribution in [0.15, 0.2) is 71.6 Å². The summed E-state index contributed by atoms with van der Waals surface area (Å²) >= 11 is 0. The van der Waals surface area contributed by atoms with Gasteiger partial charge in [0, 0.05) is 47.6 Å². The molecule has 2 aromatic carbocycles. The molecule has 3 aliphatic heterocycles. The zero-order valence-electron chi connectivity index (χ0n) is 17.7. The van der Waals surface area contributed by atoms with Crippen LogP contribution < -0.4 is 10.2 Å². The van der Waals surface area contributed by atoms with Crippen LogP contribution >= 0.6 is 0 Å². The highest BCUT2D eigenvalue weighted by Crippen LogP contribution is 2.34. The molecule has 0 radical (unpaired) electrons. The molecule has 2 saturated heterocycles. The zero-order valence-corrected chi connectivity index (χ0v) is 17.7. The van der Waals surface area contributed by atoms with E-state index in [1.807, 2.05) is 6.20 Å². The first-order valence-corrected chi connectivity index (χ1v) is 11.1. The van der Waals surface area contributed by atoms with Crippen molar-refractivity contribution in [2.75, 3.05) is 31.2 Å². The third-order valence-electron chi connectivity index (χ3n) is 6.65. The van der Waals surface area contributed by atoms with Crippen molar-refractivity contribution >= 4 is 22.4 Å². The lowest BCUT2D eigenvalue weighted by Crippen LogP contribution is -2.62. The van der Waals surface area contributed by atoms with Gasteiger partial charge < -0.3 is 19.9 Å². The Hall–Kier alpha value is -3.09. The van der Waals surface area contributed by atoms with Gasteiger partial charge in [0.15, 0.2) is 0 Å². The molecule has 3 aromatic rings. The molecule has 1 aromatic heterocycles. The predicted molar refractivity (Wildman–Crippen MR) is 124 cm³/mol. The summed E-state index contributed by atoms with van der Waals surface area (Å²) in [5, 5.41) is 4.70. The Kier molecular flexibility index (Phi) is 4.55. The van der Waals surface area contributed by atoms with Gasteiger partial charge in [0.1, 0.15) is 12.0 Å². The van der Waals surface area contributed by atoms with Gasteiger partial charge in [-0.15, -0.1) is 0 Å². The number of hydrogen-bond acceptors (Lipinski definition) is 5. The predicted octanol–water partition coefficient (Wildman–Crippen LogP) is 3.47. The SMILES string of the molecule is CCc1cccc(N2CC3COCCN3[C@H]3N=C(c4cccc5[nH]ccc45)NC=C32)c1. The lowest BCUT2D eigenvalue weighted by atomic mass is 10.0. The molecule has 6 heteroatoms. The third-order valence-corrected chi connectivity index (χ3v) is 6.65. The molecule has 0 bridgehead atoms. The minimum Gasteiger partial charge on any atom is -0.378 e. The Morgan fingerprint density at radius 2 is 2.10 bits per heavy atom. The van der Waals surface area contributed by atoms with E-state index in [2.05, 4.69) is 81.8 Å². The van der Waals surface area contributed by atoms with Crippen LogP contribution in [0.3, 0.4) is 0 Å². The fraction of sp³-hybridized carbons (Fsp3) is 0.320. The van der Waals surface area contributed by atoms with Gasteiger partial charge in [-0.05, 0) is 36.2 Å². The van der Waals surface area contributed by atoms with E-state index >= 15 is 0 Å². The van der Waals surface area contributed by atoms with Gasteiger partial charge in [-0.1, -0.05) is 31.2 Å². The summed E-state index contributed by atoms with van der Waals surface area (Å²) in [4.78, 5) is 13.5. The van der Waals surface area contributed by atoms with E-state index in [9.17, 15) is 0 Å². The van der Waals surface area contributed by atoms with Crippen LogP contribution in [0.25, 0.3) is 10.9 Å². The first-order chi connectivity index (χ1) is 15.3. The molecule has 2 fully saturated rings. The normalized spacial score (nSPS) is 23.6. The fourth-order valence-corrected chi connectivity index (χ4v) is 5.01. The number of rotatable bonds is 3. The van der Waals surface area contributed by atoms with E-state index in [0.29, 0.717) is 6.04 Å². The summed E-state index contributed by atoms with van der Waals surface area (Å²) in [6.07, 6.45) is 5.16. The van der Waals surface area contributed by atoms with Crippen LogP contribution in [-0.4, -0.2) is 54.2 Å². The summed E-state index contributed by atoms with van der Waals surface area (Å²) in [6, 6.07) is 17.6. The monoisotopic (exact) mass is 413 g/mol. The number of nitrogens with one attached hydrogen (secondary N) is 2. The number of H-pyrrole nitrogens is 1. The number of aromatic nitrogens is 1. The number of aryl methyl sites for hydroxylation is 1. The minimum atomic E-state index is -0.0154. The standard InChI is InChI=1S/C25H27N5O/c1-2-17-5-3-6-18(13-17)30-15-19-16-31-12-11-29(19)25-23(30)14-27-24(28-25)21-7-4-8-22-20(21)9-10-26-22/h3-10,13-14,19,25-26H,2,11-12,15-16H2,1H3,(H,27,28)/t19?,25-/m1/s1. The van der Waals surface area contributed by atoms with Crippen LogP contribution in [0, 0.1) is 0 Å². The molecule has 0 aliphatic carbocycles. The van der Waals surface area contributed by atoms with Gasteiger partial charge >= 0.3 is 0 Å². The van der Waals surface area contributed by atoms with E-state index in [1.165, 1.54) is 22.3 Å². The number of aromatic amines is 1. The summed E-state index contributed by atoms with van der Waals surface area (Å²) in [7, 11) is 0. The van der Waals surface area contributed by atoms with Crippen molar-refractivity contribution in [3.05, 3.63) is 77.8 Å². The molecule has 158 valence electrons. The van der Waals surface area contributed by atoms with Gasteiger partial charge in [0.25, 0.3) is 0 Å². The van der Waals surface area contributed by atoms with Crippen LogP contribution in [0.2, 0.25) is 0 Å². The molecule has 4 heterocycles. The third kappa shape index (κ3) is 3.14. The molecule has 31 heavy (non-hydrogen) atoms. The number of morpholine rings is 1. The fourth-order valence-electron chi connectivity index (χ4n) is 5.01. The second kappa shape index (κ2) is 7.55. The number of hydrogen-bond donors (Lipinski definition) is 2. The molecule has 0 saturated carbocycles. The zero-order chi connectivity index (χ0) is 20.8. The second-order valence-corrected chi connectivity index (χ2v) is 8.41. The molecule has 6 rings (SSSR count). The van der Waals surface area contributed by atoms with Crippen molar-refractivity contribution in [1.29, 1.82) is 0 Å². The maximum absolute atomic E-state index is 5.85. The van der Waals surface area contributed by atoms with Crippen LogP contribution in [-0.2, 0) is 11.2 Å². The van der Waals surface area contributed by atoms with Gasteiger partial charge in [-0.3, -0.25) is 4.90 Å². The van der Waals surface area contributed by atoms with Gasteiger partial charge in [-0.2, -0.15) is 0 Å². The highest BCUT2D eigenvalue weighted by atomic mass is 16.5. The quantitative estimate of drug-likeness (QED) is 0.690. The summed E-state index contributed by atoms with van der Waals surface area (Å²) in [5.74, 6) is 0.924. The summed E-state index contributed by atoms with van der Waals surface area (Å²) in [6.45, 7) is 5.53. The van der Waals surface area contributed by atoms with Crippen molar-refractivity contribution < 1.29 is 4.74 Å². The number of fused-ring (bicyclic) bond motifs is 4. The Morgan fingerprint density at radius 1 is 1.16 bits per heavy atom. The molecule has 2 atom stereocenters. The van der Waals surface area contributed by atoms with Crippen molar-refractivity contribution in [3.8, 4) is 0 Å². The molecule has 0 spiro atoms. The lowest BCUT2D eigenvalue weighted by Gasteiger charge is -2.50. The van der Waals surface area contributed by atoms with Crippen molar-refractivity contribution in [2.24, 2.45) is 4.99 Å². The maximum Gasteiger partial charge on any atom is 0.147 e. The maximum atomic E-state index is 5.85. The van der Waals surface area contributed by atoms with E-state index in [-0.39, 0.29) is 6.17 Å². The first kappa shape index (κ1) is 18.7. The van der Waals surface area contributed by atoms with Crippen LogP contribution in [0.1, 0.15) is 18.1 Å². The van der Waals surface area contributed by atoms with E-state index in [0.717, 1.165) is 49.6 Å².